The van der Waals surface area contributed by atoms with E-state index in [-0.39, 0.29) is 31.6 Å². The van der Waals surface area contributed by atoms with Crippen LogP contribution >= 0.6 is 0 Å². The van der Waals surface area contributed by atoms with Crippen molar-refractivity contribution < 1.29 is 33.3 Å². The van der Waals surface area contributed by atoms with Crippen LogP contribution in [0.25, 0.3) is 22.6 Å². The molecule has 3 heterocycles. The number of nitrogens with zero attached hydrogens (tertiary/aromatic N) is 4. The Morgan fingerprint density at radius 2 is 1.97 bits per heavy atom. The average Bonchev–Trinajstić information content (AvgIpc) is 3.39. The van der Waals surface area contributed by atoms with E-state index in [4.69, 9.17) is 30.3 Å². The number of H-pyrrole nitrogens is 1. The fourth-order valence-electron chi connectivity index (χ4n) is 3.78. The largest absolute Gasteiger partial charge is 0.450 e. The fraction of sp³-hybridized carbons (Fsp3) is 0.360. The number of nitriles is 1. The number of benzene rings is 1. The van der Waals surface area contributed by atoms with Crippen LogP contribution in [0.1, 0.15) is 19.2 Å². The van der Waals surface area contributed by atoms with E-state index in [0.29, 0.717) is 35.6 Å². The van der Waals surface area contributed by atoms with E-state index >= 15 is 0 Å². The van der Waals surface area contributed by atoms with Crippen LogP contribution in [0.15, 0.2) is 36.5 Å². The molecule has 13 nitrogen and oxygen atoms in total. The molecule has 204 valence electrons. The average molecular weight is 540 g/mol. The molecule has 1 aliphatic rings. The lowest BCUT2D eigenvalue weighted by Crippen LogP contribution is -2.56. The van der Waals surface area contributed by atoms with E-state index in [2.05, 4.69) is 25.3 Å². The number of imidazole rings is 1. The molecule has 0 atom stereocenters. The van der Waals surface area contributed by atoms with E-state index in [1.807, 2.05) is 0 Å². The molecule has 1 fully saturated rings. The number of carbonyl (C=O) groups excluding carboxylic acids is 2. The van der Waals surface area contributed by atoms with Crippen LogP contribution in [-0.2, 0) is 29.6 Å². The Hall–Kier alpha value is -4.45. The number of aromatic nitrogens is 4. The lowest BCUT2D eigenvalue weighted by atomic mass is 9.91. The molecule has 0 bridgehead atoms. The number of nitrogens with two attached hydrogens (primary N) is 1. The quantitative estimate of drug-likeness (QED) is 0.213. The van der Waals surface area contributed by atoms with Gasteiger partial charge < -0.3 is 35.4 Å². The molecule has 0 saturated carbocycles. The van der Waals surface area contributed by atoms with Gasteiger partial charge in [-0.1, -0.05) is 0 Å². The lowest BCUT2D eigenvalue weighted by Gasteiger charge is -2.40. The van der Waals surface area contributed by atoms with Gasteiger partial charge in [0.2, 0.25) is 5.95 Å². The number of anilines is 1. The van der Waals surface area contributed by atoms with Crippen molar-refractivity contribution in [3.05, 3.63) is 48.2 Å². The van der Waals surface area contributed by atoms with Crippen LogP contribution in [0.3, 0.4) is 0 Å². The molecule has 1 saturated heterocycles. The summed E-state index contributed by atoms with van der Waals surface area (Å²) >= 11 is 0. The van der Waals surface area contributed by atoms with E-state index < -0.39 is 35.5 Å². The zero-order valence-corrected chi connectivity index (χ0v) is 20.9. The van der Waals surface area contributed by atoms with Crippen molar-refractivity contribution in [1.29, 1.82) is 5.26 Å². The maximum absolute atomic E-state index is 13.7. The van der Waals surface area contributed by atoms with Gasteiger partial charge in [0.25, 0.3) is 5.91 Å². The van der Waals surface area contributed by atoms with E-state index in [9.17, 15) is 14.0 Å². The van der Waals surface area contributed by atoms with Crippen LogP contribution in [0.2, 0.25) is 0 Å². The third-order valence-corrected chi connectivity index (χ3v) is 5.94. The number of amides is 1. The first-order valence-corrected chi connectivity index (χ1v) is 11.9. The highest BCUT2D eigenvalue weighted by molar-refractivity contribution is 5.85. The third-order valence-electron chi connectivity index (χ3n) is 5.94. The zero-order valence-electron chi connectivity index (χ0n) is 20.9. The summed E-state index contributed by atoms with van der Waals surface area (Å²) < 4.78 is 30.1. The summed E-state index contributed by atoms with van der Waals surface area (Å²) in [5.74, 6) is -4.26. The molecule has 1 amide bonds. The van der Waals surface area contributed by atoms with Gasteiger partial charge in [0.1, 0.15) is 17.3 Å². The fourth-order valence-corrected chi connectivity index (χ4v) is 3.78. The summed E-state index contributed by atoms with van der Waals surface area (Å²) in [6, 6.07) is 8.83. The number of hydrogen-bond donors (Lipinski definition) is 4. The first kappa shape index (κ1) is 27.6. The van der Waals surface area contributed by atoms with Crippen molar-refractivity contribution >= 4 is 17.8 Å². The number of ether oxygens (including phenoxy) is 3. The number of primary amides is 1. The maximum Gasteiger partial charge on any atom is 0.317 e. The van der Waals surface area contributed by atoms with Crippen LogP contribution in [0.4, 0.5) is 10.3 Å². The Bertz CT molecular complexity index is 1380. The van der Waals surface area contributed by atoms with Crippen molar-refractivity contribution in [3.63, 3.8) is 0 Å². The molecule has 4 rings (SSSR count). The lowest BCUT2D eigenvalue weighted by molar-refractivity contribution is -0.293. The number of aliphatic hydroxyl groups excluding tert-OH is 1. The second-order valence-corrected chi connectivity index (χ2v) is 8.94. The Morgan fingerprint density at radius 3 is 2.62 bits per heavy atom. The number of esters is 1. The number of hydrogen-bond acceptors (Lipinski definition) is 11. The number of halogens is 1. The van der Waals surface area contributed by atoms with Gasteiger partial charge in [0, 0.05) is 24.9 Å². The Morgan fingerprint density at radius 1 is 1.26 bits per heavy atom. The Balaban J connectivity index is 1.74. The van der Waals surface area contributed by atoms with Crippen LogP contribution in [-0.4, -0.2) is 69.9 Å². The predicted molar refractivity (Wildman–Crippen MR) is 133 cm³/mol. The molecular formula is C25H26FN7O6. The normalized spacial score (nSPS) is 20.7. The van der Waals surface area contributed by atoms with Crippen molar-refractivity contribution in [3.8, 4) is 28.7 Å². The van der Waals surface area contributed by atoms with Crippen LogP contribution < -0.4 is 11.1 Å². The summed E-state index contributed by atoms with van der Waals surface area (Å²) in [6.07, 6.45) is 2.00. The van der Waals surface area contributed by atoms with Gasteiger partial charge in [-0.2, -0.15) is 5.26 Å². The zero-order chi connectivity index (χ0) is 28.0. The summed E-state index contributed by atoms with van der Waals surface area (Å²) in [6.45, 7) is 0.828. The molecule has 0 unspecified atom stereocenters. The number of rotatable bonds is 10. The highest BCUT2D eigenvalue weighted by atomic mass is 19.1. The summed E-state index contributed by atoms with van der Waals surface area (Å²) in [5, 5.41) is 20.7. The molecule has 0 spiro atoms. The highest BCUT2D eigenvalue weighted by Crippen LogP contribution is 2.39. The van der Waals surface area contributed by atoms with Gasteiger partial charge in [-0.15, -0.1) is 0 Å². The molecule has 14 heteroatoms. The van der Waals surface area contributed by atoms with E-state index in [0.717, 1.165) is 0 Å². The van der Waals surface area contributed by atoms with Crippen molar-refractivity contribution in [1.82, 2.24) is 19.9 Å². The van der Waals surface area contributed by atoms with Crippen molar-refractivity contribution in [2.75, 3.05) is 38.3 Å². The van der Waals surface area contributed by atoms with Gasteiger partial charge in [-0.25, -0.2) is 19.3 Å². The molecular weight excluding hydrogens is 513 g/mol. The summed E-state index contributed by atoms with van der Waals surface area (Å²) in [5.41, 5.74) is 5.88. The molecule has 0 aliphatic carbocycles. The van der Waals surface area contributed by atoms with Crippen LogP contribution in [0.5, 0.6) is 0 Å². The molecule has 2 aromatic heterocycles. The van der Waals surface area contributed by atoms with Gasteiger partial charge in [0.15, 0.2) is 12.4 Å². The summed E-state index contributed by atoms with van der Waals surface area (Å²) in [4.78, 5) is 41.4. The minimum atomic E-state index is -2.20. The van der Waals surface area contributed by atoms with Crippen molar-refractivity contribution in [2.45, 2.75) is 19.1 Å². The monoisotopic (exact) mass is 539 g/mol. The van der Waals surface area contributed by atoms with Gasteiger partial charge in [0.05, 0.1) is 30.3 Å². The Labute approximate surface area is 222 Å². The Kier molecular flexibility index (Phi) is 8.15. The highest BCUT2D eigenvalue weighted by Gasteiger charge is 2.54. The number of carbonyl (C=O) groups is 2. The number of aromatic amines is 1. The first-order valence-electron chi connectivity index (χ1n) is 11.9. The number of aliphatic hydroxyl groups is 1. The second-order valence-electron chi connectivity index (χ2n) is 8.94. The van der Waals surface area contributed by atoms with Gasteiger partial charge >= 0.3 is 11.8 Å². The molecule has 3 aromatic rings. The minimum Gasteiger partial charge on any atom is -0.450 e. The molecule has 5 N–H and O–H groups in total. The standard InChI is InChI=1S/C25H26FN7O6/c1-24(22(36)37-12-8-27)13-38-25(20(28)35,39-14-24)21-32-18(15-3-5-16(26)6-4-15)19(33-21)17-7-10-30-23(31-17)29-9-2-11-34/h3-7,10,34H,2,9,11-14H2,1H3,(H2,28,35)(H,32,33)(H,29,30,31). The van der Waals surface area contributed by atoms with Gasteiger partial charge in [-0.3, -0.25) is 9.59 Å². The number of nitrogens with one attached hydrogen (secondary N) is 2. The smallest absolute Gasteiger partial charge is 0.317 e. The minimum absolute atomic E-state index is 0.00436. The maximum atomic E-state index is 13.7. The van der Waals surface area contributed by atoms with Crippen molar-refractivity contribution in [2.24, 2.45) is 11.1 Å². The molecule has 1 aliphatic heterocycles. The van der Waals surface area contributed by atoms with E-state index in [1.54, 1.807) is 12.1 Å². The van der Waals surface area contributed by atoms with Crippen LogP contribution in [0, 0.1) is 22.6 Å². The molecule has 1 aromatic carbocycles. The van der Waals surface area contributed by atoms with Gasteiger partial charge in [-0.05, 0) is 43.7 Å². The second kappa shape index (κ2) is 11.5. The molecule has 39 heavy (non-hydrogen) atoms. The topological polar surface area (TPSA) is 198 Å². The third kappa shape index (κ3) is 5.70. The predicted octanol–water partition coefficient (Wildman–Crippen LogP) is 1.23. The molecule has 0 radical (unpaired) electrons. The summed E-state index contributed by atoms with van der Waals surface area (Å²) in [7, 11) is 0. The first-order chi connectivity index (χ1) is 18.7. The SMILES string of the molecule is CC1(C(=O)OCC#N)COC(C(N)=O)(c2nc(-c3ccc(F)cc3)c(-c3ccnc(NCCCO)n3)[nH]2)OC1. The van der Waals surface area contributed by atoms with E-state index in [1.165, 1.54) is 37.4 Å².